The van der Waals surface area contributed by atoms with Crippen molar-refractivity contribution in [2.75, 3.05) is 11.9 Å². The molecule has 0 aliphatic carbocycles. The minimum absolute atomic E-state index is 0.0396. The van der Waals surface area contributed by atoms with E-state index in [9.17, 15) is 22.7 Å². The molecule has 208 valence electrons. The van der Waals surface area contributed by atoms with Gasteiger partial charge in [0.1, 0.15) is 41.9 Å². The largest absolute Gasteiger partial charge is 0.418 e. The van der Waals surface area contributed by atoms with E-state index in [1.54, 1.807) is 6.92 Å². The molecule has 4 rings (SSSR count). The Labute approximate surface area is 226 Å². The van der Waals surface area contributed by atoms with Gasteiger partial charge >= 0.3 is 6.18 Å². The molecule has 8 nitrogen and oxygen atoms in total. The number of ether oxygens (including phenoxy) is 2. The molecule has 2 aromatic rings. The molecule has 0 bridgehead atoms. The van der Waals surface area contributed by atoms with Crippen LogP contribution in [0.5, 0.6) is 0 Å². The first-order valence-electron chi connectivity index (χ1n) is 11.9. The average molecular weight is 568 g/mol. The van der Waals surface area contributed by atoms with E-state index < -0.39 is 53.7 Å². The van der Waals surface area contributed by atoms with Crippen LogP contribution in [-0.2, 0) is 15.7 Å². The molecule has 5 unspecified atom stereocenters. The first kappa shape index (κ1) is 28.7. The van der Waals surface area contributed by atoms with Crippen LogP contribution in [0, 0.1) is 16.6 Å². The highest BCUT2D eigenvalue weighted by Crippen LogP contribution is 2.37. The van der Waals surface area contributed by atoms with Crippen molar-refractivity contribution in [1.82, 2.24) is 5.32 Å². The fourth-order valence-corrected chi connectivity index (χ4v) is 4.47. The lowest BCUT2D eigenvalue weighted by atomic mass is 9.88. The third-order valence-corrected chi connectivity index (χ3v) is 6.53. The SMILES string of the molecule is CC(=N)/N=C(\Nc1cc(Cl)ccc1C(F)(F)F)C1OC2COC2C(N/C=C(/C)C(=N)c2ccc(F)cc2)C1O. The van der Waals surface area contributed by atoms with Gasteiger partial charge in [-0.05, 0) is 67.4 Å². The van der Waals surface area contributed by atoms with Crippen molar-refractivity contribution in [2.45, 2.75) is 50.5 Å². The van der Waals surface area contributed by atoms with Crippen molar-refractivity contribution in [3.05, 3.63) is 76.2 Å². The third kappa shape index (κ3) is 6.47. The van der Waals surface area contributed by atoms with Crippen LogP contribution in [0.3, 0.4) is 0 Å². The zero-order valence-corrected chi connectivity index (χ0v) is 21.6. The minimum Gasteiger partial charge on any atom is -0.388 e. The molecule has 2 fully saturated rings. The van der Waals surface area contributed by atoms with Gasteiger partial charge < -0.3 is 25.2 Å². The van der Waals surface area contributed by atoms with Gasteiger partial charge in [0, 0.05) is 11.2 Å². The second-order valence-corrected chi connectivity index (χ2v) is 9.62. The molecule has 13 heteroatoms. The third-order valence-electron chi connectivity index (χ3n) is 6.30. The van der Waals surface area contributed by atoms with Gasteiger partial charge in [0.15, 0.2) is 0 Å². The molecule has 0 radical (unpaired) electrons. The number of aliphatic imine (C=N–C) groups is 1. The number of nitrogens with one attached hydrogen (secondary N) is 4. The van der Waals surface area contributed by atoms with Gasteiger partial charge in [0.05, 0.1) is 29.6 Å². The van der Waals surface area contributed by atoms with E-state index in [0.29, 0.717) is 11.1 Å². The molecule has 2 aliphatic heterocycles. The maximum atomic E-state index is 13.7. The quantitative estimate of drug-likeness (QED) is 0.196. The van der Waals surface area contributed by atoms with Crippen molar-refractivity contribution in [1.29, 1.82) is 10.8 Å². The van der Waals surface area contributed by atoms with Crippen molar-refractivity contribution < 1.29 is 32.1 Å². The lowest BCUT2D eigenvalue weighted by molar-refractivity contribution is -0.259. The first-order chi connectivity index (χ1) is 18.3. The molecule has 39 heavy (non-hydrogen) atoms. The number of hydrogen-bond acceptors (Lipinski definition) is 6. The molecule has 5 atom stereocenters. The number of hydrogen-bond donors (Lipinski definition) is 5. The van der Waals surface area contributed by atoms with E-state index in [1.807, 2.05) is 0 Å². The van der Waals surface area contributed by atoms with Gasteiger partial charge in [-0.3, -0.25) is 10.8 Å². The molecule has 0 amide bonds. The van der Waals surface area contributed by atoms with Crippen LogP contribution in [0.25, 0.3) is 0 Å². The summed E-state index contributed by atoms with van der Waals surface area (Å²) in [6, 6.07) is 7.64. The minimum atomic E-state index is -4.71. The number of fused-ring (bicyclic) bond motifs is 1. The molecule has 2 heterocycles. The van der Waals surface area contributed by atoms with Gasteiger partial charge in [-0.2, -0.15) is 13.2 Å². The fourth-order valence-electron chi connectivity index (χ4n) is 4.29. The summed E-state index contributed by atoms with van der Waals surface area (Å²) in [5.74, 6) is -0.870. The Morgan fingerprint density at radius 3 is 2.44 bits per heavy atom. The van der Waals surface area contributed by atoms with Crippen LogP contribution in [0.1, 0.15) is 25.0 Å². The van der Waals surface area contributed by atoms with Crippen LogP contribution in [0.2, 0.25) is 5.02 Å². The summed E-state index contributed by atoms with van der Waals surface area (Å²) in [6.07, 6.45) is -6.93. The fraction of sp³-hybridized carbons (Fsp3) is 0.346. The lowest BCUT2D eigenvalue weighted by Crippen LogP contribution is -2.70. The molecule has 0 saturated carbocycles. The maximum Gasteiger partial charge on any atom is 0.418 e. The maximum absolute atomic E-state index is 13.7. The molecule has 0 spiro atoms. The number of nitrogens with zero attached hydrogens (tertiary/aromatic N) is 1. The summed E-state index contributed by atoms with van der Waals surface area (Å²) >= 11 is 5.95. The number of halogens is 5. The number of benzene rings is 2. The summed E-state index contributed by atoms with van der Waals surface area (Å²) < 4.78 is 65.8. The second kappa shape index (κ2) is 11.4. The number of aliphatic hydroxyl groups excluding tert-OH is 1. The van der Waals surface area contributed by atoms with Crippen molar-refractivity contribution in [3.63, 3.8) is 0 Å². The highest BCUT2D eigenvalue weighted by atomic mass is 35.5. The number of aliphatic hydroxyl groups is 1. The Hall–Kier alpha value is -3.32. The smallest absolute Gasteiger partial charge is 0.388 e. The van der Waals surface area contributed by atoms with E-state index in [0.717, 1.165) is 18.2 Å². The average Bonchev–Trinajstić information content (AvgIpc) is 2.83. The summed E-state index contributed by atoms with van der Waals surface area (Å²) in [5, 5.41) is 33.1. The standard InChI is InChI=1S/C26H26ClF4N5O3/c1-12(20(33)14-3-6-16(28)7-4-14)10-34-21-22(37)24(39-19-11-38-23(19)21)25(35-13(2)32)36-18-9-15(27)5-8-17(18)26(29,30)31/h3-10,19,21-24,33-34,37H,11H2,1-2H3,(H2,32,35,36)/b12-10-,33-20?. The predicted molar refractivity (Wildman–Crippen MR) is 139 cm³/mol. The summed E-state index contributed by atoms with van der Waals surface area (Å²) in [7, 11) is 0. The molecule has 2 aliphatic rings. The summed E-state index contributed by atoms with van der Waals surface area (Å²) in [6.45, 7) is 3.17. The summed E-state index contributed by atoms with van der Waals surface area (Å²) in [5.41, 5.74) is -0.340. The van der Waals surface area contributed by atoms with Crippen molar-refractivity contribution in [3.8, 4) is 0 Å². The highest BCUT2D eigenvalue weighted by Gasteiger charge is 2.52. The van der Waals surface area contributed by atoms with Gasteiger partial charge in [0.2, 0.25) is 0 Å². The Morgan fingerprint density at radius 2 is 1.85 bits per heavy atom. The molecule has 5 N–H and O–H groups in total. The van der Waals surface area contributed by atoms with Crippen molar-refractivity contribution in [2.24, 2.45) is 4.99 Å². The Bertz CT molecular complexity index is 1320. The lowest BCUT2D eigenvalue weighted by Gasteiger charge is -2.50. The van der Waals surface area contributed by atoms with Gasteiger partial charge in [-0.15, -0.1) is 0 Å². The van der Waals surface area contributed by atoms with Crippen molar-refractivity contribution >= 4 is 34.7 Å². The zero-order valence-electron chi connectivity index (χ0n) is 20.8. The van der Waals surface area contributed by atoms with E-state index in [-0.39, 0.29) is 29.0 Å². The van der Waals surface area contributed by atoms with Crippen LogP contribution in [0.4, 0.5) is 23.2 Å². The molecule has 0 aromatic heterocycles. The van der Waals surface area contributed by atoms with Gasteiger partial charge in [-0.25, -0.2) is 9.38 Å². The highest BCUT2D eigenvalue weighted by molar-refractivity contribution is 6.31. The van der Waals surface area contributed by atoms with Crippen LogP contribution in [-0.4, -0.2) is 59.6 Å². The monoisotopic (exact) mass is 567 g/mol. The Kier molecular flexibility index (Phi) is 8.40. The van der Waals surface area contributed by atoms with Gasteiger partial charge in [-0.1, -0.05) is 11.6 Å². The number of amidine groups is 2. The molecule has 2 aromatic carbocycles. The van der Waals surface area contributed by atoms with Crippen LogP contribution < -0.4 is 10.6 Å². The van der Waals surface area contributed by atoms with Crippen LogP contribution in [0.15, 0.2) is 59.2 Å². The van der Waals surface area contributed by atoms with E-state index >= 15 is 0 Å². The number of allylic oxidation sites excluding steroid dienone is 1. The van der Waals surface area contributed by atoms with E-state index in [2.05, 4.69) is 15.6 Å². The first-order valence-corrected chi connectivity index (χ1v) is 12.2. The van der Waals surface area contributed by atoms with E-state index in [4.69, 9.17) is 31.9 Å². The van der Waals surface area contributed by atoms with Crippen LogP contribution >= 0.6 is 11.6 Å². The normalized spacial score (nSPS) is 25.4. The topological polar surface area (TPSA) is 123 Å². The second-order valence-electron chi connectivity index (χ2n) is 9.18. The molecular weight excluding hydrogens is 542 g/mol. The number of anilines is 1. The zero-order chi connectivity index (χ0) is 28.5. The number of rotatable bonds is 6. The molecule has 2 saturated heterocycles. The number of alkyl halides is 3. The Balaban J connectivity index is 1.60. The molecular formula is C26H26ClF4N5O3. The van der Waals surface area contributed by atoms with E-state index in [1.165, 1.54) is 37.4 Å². The van der Waals surface area contributed by atoms with Gasteiger partial charge in [0.25, 0.3) is 0 Å². The Morgan fingerprint density at radius 1 is 1.15 bits per heavy atom. The predicted octanol–water partition coefficient (Wildman–Crippen LogP) is 4.76. The summed E-state index contributed by atoms with van der Waals surface area (Å²) in [4.78, 5) is 4.03.